The Kier molecular flexibility index (Phi) is 4.91. The molecule has 26 heavy (non-hydrogen) atoms. The molecular weight excluding hydrogens is 328 g/mol. The van der Waals surface area contributed by atoms with Crippen LogP contribution in [0.3, 0.4) is 0 Å². The summed E-state index contributed by atoms with van der Waals surface area (Å²) in [6.45, 7) is 5.33. The number of aromatic nitrogens is 1. The second kappa shape index (κ2) is 7.48. The lowest BCUT2D eigenvalue weighted by Crippen LogP contribution is -2.46. The van der Waals surface area contributed by atoms with Gasteiger partial charge in [-0.1, -0.05) is 6.07 Å². The Labute approximate surface area is 153 Å². The summed E-state index contributed by atoms with van der Waals surface area (Å²) in [6.07, 6.45) is 5.82. The molecule has 4 rings (SSSR count). The number of fused-ring (bicyclic) bond motifs is 1. The number of carbonyl (C=O) groups excluding carboxylic acids is 1. The lowest BCUT2D eigenvalue weighted by Gasteiger charge is -2.35. The number of ether oxygens (including phenoxy) is 1. The fourth-order valence-electron chi connectivity index (χ4n) is 4.05. The molecule has 1 amide bonds. The molecule has 0 radical (unpaired) electrons. The van der Waals surface area contributed by atoms with Crippen molar-refractivity contribution >= 4 is 11.4 Å². The molecule has 2 aliphatic heterocycles. The van der Waals surface area contributed by atoms with Crippen molar-refractivity contribution in [1.29, 1.82) is 5.26 Å². The van der Waals surface area contributed by atoms with Gasteiger partial charge in [-0.15, -0.1) is 0 Å². The maximum absolute atomic E-state index is 12.6. The van der Waals surface area contributed by atoms with Gasteiger partial charge in [-0.25, -0.2) is 0 Å². The van der Waals surface area contributed by atoms with Crippen LogP contribution in [0.2, 0.25) is 0 Å². The Morgan fingerprint density at radius 1 is 1.19 bits per heavy atom. The smallest absolute Gasteiger partial charge is 0.225 e. The first-order chi connectivity index (χ1) is 12.8. The van der Waals surface area contributed by atoms with Crippen LogP contribution < -0.4 is 0 Å². The van der Waals surface area contributed by atoms with E-state index in [1.54, 1.807) is 0 Å². The van der Waals surface area contributed by atoms with Crippen molar-refractivity contribution in [3.05, 3.63) is 41.7 Å². The highest BCUT2D eigenvalue weighted by molar-refractivity contribution is 5.79. The summed E-state index contributed by atoms with van der Waals surface area (Å²) in [5.74, 6) is 0.424. The largest absolute Gasteiger partial charge is 0.378 e. The Morgan fingerprint density at radius 2 is 1.96 bits per heavy atom. The molecule has 2 fully saturated rings. The monoisotopic (exact) mass is 352 g/mol. The number of amides is 1. The third-order valence-electron chi connectivity index (χ3n) is 5.53. The zero-order valence-corrected chi connectivity index (χ0v) is 14.9. The van der Waals surface area contributed by atoms with Crippen molar-refractivity contribution in [2.45, 2.75) is 19.4 Å². The third-order valence-corrected chi connectivity index (χ3v) is 5.53. The zero-order valence-electron chi connectivity index (χ0n) is 14.9. The first kappa shape index (κ1) is 17.1. The van der Waals surface area contributed by atoms with Crippen LogP contribution in [0.1, 0.15) is 24.0 Å². The van der Waals surface area contributed by atoms with Gasteiger partial charge in [0.1, 0.15) is 6.07 Å². The van der Waals surface area contributed by atoms with Crippen molar-refractivity contribution in [2.75, 3.05) is 39.4 Å². The molecule has 2 aromatic rings. The molecule has 2 aliphatic rings. The number of nitriles is 1. The van der Waals surface area contributed by atoms with Crippen molar-refractivity contribution < 1.29 is 9.53 Å². The number of rotatable bonds is 3. The minimum Gasteiger partial charge on any atom is -0.378 e. The zero-order chi connectivity index (χ0) is 17.9. The van der Waals surface area contributed by atoms with E-state index >= 15 is 0 Å². The van der Waals surface area contributed by atoms with Crippen LogP contribution in [0.4, 0.5) is 0 Å². The molecule has 0 saturated carbocycles. The van der Waals surface area contributed by atoms with Crippen LogP contribution in [-0.4, -0.2) is 59.5 Å². The fraction of sp³-hybridized carbons (Fsp3) is 0.500. The van der Waals surface area contributed by atoms with E-state index in [9.17, 15) is 10.1 Å². The average molecular weight is 352 g/mol. The number of morpholine rings is 1. The Bertz CT molecular complexity index is 824. The van der Waals surface area contributed by atoms with Gasteiger partial charge >= 0.3 is 0 Å². The minimum atomic E-state index is 0.132. The number of hydrogen-bond donors (Lipinski definition) is 0. The van der Waals surface area contributed by atoms with Gasteiger partial charge in [0.05, 0.1) is 24.3 Å². The highest BCUT2D eigenvalue weighted by atomic mass is 16.5. The second-order valence-corrected chi connectivity index (χ2v) is 7.12. The molecule has 0 spiro atoms. The summed E-state index contributed by atoms with van der Waals surface area (Å²) < 4.78 is 7.35. The van der Waals surface area contributed by atoms with E-state index < -0.39 is 0 Å². The normalized spacial score (nSPS) is 19.6. The standard InChI is InChI=1S/C20H24N4O2/c21-13-18-17(15-24-6-2-1-3-19(18)24)14-22-7-4-16(5-8-22)20(25)23-9-11-26-12-10-23/h1-3,6,15-16H,4-5,7-12,14H2. The fourth-order valence-corrected chi connectivity index (χ4v) is 4.05. The van der Waals surface area contributed by atoms with Crippen molar-refractivity contribution in [3.63, 3.8) is 0 Å². The molecule has 6 nitrogen and oxygen atoms in total. The van der Waals surface area contributed by atoms with Gasteiger partial charge in [-0.3, -0.25) is 9.69 Å². The van der Waals surface area contributed by atoms with Gasteiger partial charge in [0.15, 0.2) is 0 Å². The van der Waals surface area contributed by atoms with Crippen molar-refractivity contribution in [1.82, 2.24) is 14.2 Å². The maximum atomic E-state index is 12.6. The first-order valence-electron chi connectivity index (χ1n) is 9.34. The number of pyridine rings is 1. The van der Waals surface area contributed by atoms with Gasteiger partial charge < -0.3 is 14.0 Å². The molecule has 2 aromatic heterocycles. The molecule has 136 valence electrons. The SMILES string of the molecule is N#Cc1c(CN2CCC(C(=O)N3CCOCC3)CC2)cn2ccccc12. The molecule has 2 saturated heterocycles. The predicted octanol–water partition coefficient (Wildman–Crippen LogP) is 1.88. The van der Waals surface area contributed by atoms with Crippen molar-refractivity contribution in [2.24, 2.45) is 5.92 Å². The number of nitrogens with zero attached hydrogens (tertiary/aromatic N) is 4. The lowest BCUT2D eigenvalue weighted by molar-refractivity contribution is -0.141. The van der Waals surface area contributed by atoms with Crippen LogP contribution in [0.5, 0.6) is 0 Å². The first-order valence-corrected chi connectivity index (χ1v) is 9.34. The second-order valence-electron chi connectivity index (χ2n) is 7.12. The molecule has 0 bridgehead atoms. The summed E-state index contributed by atoms with van der Waals surface area (Å²) in [4.78, 5) is 17.0. The van der Waals surface area contributed by atoms with Gasteiger partial charge in [-0.2, -0.15) is 5.26 Å². The number of hydrogen-bond acceptors (Lipinski definition) is 4. The quantitative estimate of drug-likeness (QED) is 0.846. The van der Waals surface area contributed by atoms with E-state index in [1.165, 1.54) is 0 Å². The van der Waals surface area contributed by atoms with Crippen LogP contribution in [-0.2, 0) is 16.1 Å². The number of piperidine rings is 1. The molecule has 0 unspecified atom stereocenters. The highest BCUT2D eigenvalue weighted by Gasteiger charge is 2.29. The van der Waals surface area contributed by atoms with Gasteiger partial charge in [-0.05, 0) is 38.1 Å². The Hall–Kier alpha value is -2.36. The van der Waals surface area contributed by atoms with Gasteiger partial charge in [0, 0.05) is 43.5 Å². The van der Waals surface area contributed by atoms with E-state index in [-0.39, 0.29) is 5.92 Å². The highest BCUT2D eigenvalue weighted by Crippen LogP contribution is 2.24. The van der Waals surface area contributed by atoms with Crippen LogP contribution in [0.25, 0.3) is 5.52 Å². The molecule has 0 aromatic carbocycles. The predicted molar refractivity (Wildman–Crippen MR) is 97.5 cm³/mol. The molecular formula is C20H24N4O2. The summed E-state index contributed by atoms with van der Waals surface area (Å²) in [6, 6.07) is 8.27. The van der Waals surface area contributed by atoms with E-state index in [1.807, 2.05) is 33.7 Å². The molecule has 4 heterocycles. The summed E-state index contributed by atoms with van der Waals surface area (Å²) in [5.41, 5.74) is 2.79. The molecule has 0 N–H and O–H groups in total. The Balaban J connectivity index is 1.38. The molecule has 0 atom stereocenters. The minimum absolute atomic E-state index is 0.132. The van der Waals surface area contributed by atoms with E-state index in [0.717, 1.165) is 62.2 Å². The summed E-state index contributed by atoms with van der Waals surface area (Å²) in [5, 5.41) is 9.55. The van der Waals surface area contributed by atoms with Gasteiger partial charge in [0.2, 0.25) is 5.91 Å². The number of carbonyl (C=O) groups is 1. The lowest BCUT2D eigenvalue weighted by atomic mass is 9.94. The van der Waals surface area contributed by atoms with E-state index in [4.69, 9.17) is 4.74 Å². The third kappa shape index (κ3) is 3.33. The van der Waals surface area contributed by atoms with E-state index in [0.29, 0.717) is 19.1 Å². The maximum Gasteiger partial charge on any atom is 0.225 e. The molecule has 0 aliphatic carbocycles. The Morgan fingerprint density at radius 3 is 2.69 bits per heavy atom. The van der Waals surface area contributed by atoms with Crippen molar-refractivity contribution in [3.8, 4) is 6.07 Å². The molecule has 6 heteroatoms. The van der Waals surface area contributed by atoms with Crippen LogP contribution >= 0.6 is 0 Å². The van der Waals surface area contributed by atoms with Crippen LogP contribution in [0.15, 0.2) is 30.6 Å². The average Bonchev–Trinajstić information content (AvgIpc) is 3.05. The summed E-state index contributed by atoms with van der Waals surface area (Å²) in [7, 11) is 0. The summed E-state index contributed by atoms with van der Waals surface area (Å²) >= 11 is 0. The van der Waals surface area contributed by atoms with Crippen LogP contribution in [0, 0.1) is 17.2 Å². The van der Waals surface area contributed by atoms with Gasteiger partial charge in [0.25, 0.3) is 0 Å². The topological polar surface area (TPSA) is 61.0 Å². The van der Waals surface area contributed by atoms with E-state index in [2.05, 4.69) is 17.2 Å². The number of likely N-dealkylation sites (tertiary alicyclic amines) is 1.